The molecule has 36 heavy (non-hydrogen) atoms. The number of hydrazine groups is 1. The van der Waals surface area contributed by atoms with Gasteiger partial charge in [0.1, 0.15) is 6.61 Å². The SMILES string of the molecule is CS(=O)(=O)N(NCCCc1ccccc1C(=O)OCCN1CCOCC1)c1ccc2c(c1)CCC2O. The largest absolute Gasteiger partial charge is 0.461 e. The molecule has 1 unspecified atom stereocenters. The van der Waals surface area contributed by atoms with Gasteiger partial charge < -0.3 is 14.6 Å². The Morgan fingerprint density at radius 2 is 2.00 bits per heavy atom. The summed E-state index contributed by atoms with van der Waals surface area (Å²) in [6.45, 7) is 4.51. The van der Waals surface area contributed by atoms with E-state index in [9.17, 15) is 18.3 Å². The minimum atomic E-state index is -3.56. The number of hydrogen-bond acceptors (Lipinski definition) is 8. The zero-order valence-corrected chi connectivity index (χ0v) is 21.5. The van der Waals surface area contributed by atoms with Crippen LogP contribution in [0.4, 0.5) is 5.69 Å². The number of ether oxygens (including phenoxy) is 2. The second kappa shape index (κ2) is 12.2. The molecule has 2 N–H and O–H groups in total. The highest BCUT2D eigenvalue weighted by molar-refractivity contribution is 7.92. The number of carbonyl (C=O) groups is 1. The topological polar surface area (TPSA) is 108 Å². The minimum Gasteiger partial charge on any atom is -0.461 e. The van der Waals surface area contributed by atoms with Crippen LogP contribution in [-0.4, -0.2) is 76.6 Å². The number of nitrogens with one attached hydrogen (secondary N) is 1. The Bertz CT molecular complexity index is 1150. The second-order valence-corrected chi connectivity index (χ2v) is 11.1. The molecule has 1 aliphatic heterocycles. The third-order valence-corrected chi connectivity index (χ3v) is 7.60. The summed E-state index contributed by atoms with van der Waals surface area (Å²) in [5.74, 6) is -0.343. The van der Waals surface area contributed by atoms with Gasteiger partial charge in [0.15, 0.2) is 0 Å². The number of rotatable bonds is 11. The number of fused-ring (bicyclic) bond motifs is 1. The summed E-state index contributed by atoms with van der Waals surface area (Å²) in [6, 6.07) is 12.7. The lowest BCUT2D eigenvalue weighted by atomic mass is 10.0. The number of sulfonamides is 1. The van der Waals surface area contributed by atoms with Crippen molar-refractivity contribution in [2.75, 3.05) is 56.7 Å². The predicted octanol–water partition coefficient (Wildman–Crippen LogP) is 2.06. The number of benzene rings is 2. The first-order valence-corrected chi connectivity index (χ1v) is 14.3. The molecule has 0 aromatic heterocycles. The van der Waals surface area contributed by atoms with Crippen molar-refractivity contribution in [2.45, 2.75) is 31.8 Å². The number of hydrogen-bond donors (Lipinski definition) is 2. The first kappa shape index (κ1) is 26.6. The molecule has 2 aromatic carbocycles. The normalized spacial score (nSPS) is 18.1. The van der Waals surface area contributed by atoms with Crippen LogP contribution in [-0.2, 0) is 32.3 Å². The number of morpholine rings is 1. The Morgan fingerprint density at radius 1 is 1.22 bits per heavy atom. The molecule has 1 fully saturated rings. The van der Waals surface area contributed by atoms with Gasteiger partial charge in [0.05, 0.1) is 36.8 Å². The molecule has 1 saturated heterocycles. The molecule has 196 valence electrons. The molecular weight excluding hydrogens is 482 g/mol. The van der Waals surface area contributed by atoms with E-state index in [-0.39, 0.29) is 5.97 Å². The Labute approximate surface area is 213 Å². The third-order valence-electron chi connectivity index (χ3n) is 6.60. The van der Waals surface area contributed by atoms with E-state index in [2.05, 4.69) is 10.3 Å². The van der Waals surface area contributed by atoms with Crippen LogP contribution >= 0.6 is 0 Å². The van der Waals surface area contributed by atoms with Gasteiger partial charge in [-0.25, -0.2) is 23.1 Å². The number of aliphatic hydroxyl groups excluding tert-OH is 1. The van der Waals surface area contributed by atoms with Crippen molar-refractivity contribution in [1.82, 2.24) is 10.3 Å². The van der Waals surface area contributed by atoms with Gasteiger partial charge in [-0.3, -0.25) is 4.90 Å². The van der Waals surface area contributed by atoms with Crippen molar-refractivity contribution in [3.8, 4) is 0 Å². The van der Waals surface area contributed by atoms with E-state index in [0.29, 0.717) is 63.4 Å². The van der Waals surface area contributed by atoms with Gasteiger partial charge in [0.2, 0.25) is 10.0 Å². The molecule has 0 bridgehead atoms. The molecule has 9 nitrogen and oxygen atoms in total. The van der Waals surface area contributed by atoms with Gasteiger partial charge in [-0.15, -0.1) is 0 Å². The van der Waals surface area contributed by atoms with E-state index in [0.717, 1.165) is 42.5 Å². The van der Waals surface area contributed by atoms with Gasteiger partial charge in [-0.1, -0.05) is 24.3 Å². The third kappa shape index (κ3) is 6.83. The van der Waals surface area contributed by atoms with E-state index >= 15 is 0 Å². The van der Waals surface area contributed by atoms with E-state index in [1.54, 1.807) is 18.2 Å². The molecule has 2 aliphatic rings. The van der Waals surface area contributed by atoms with Crippen molar-refractivity contribution < 1.29 is 27.8 Å². The first-order valence-electron chi connectivity index (χ1n) is 12.4. The lowest BCUT2D eigenvalue weighted by Gasteiger charge is -2.26. The summed E-state index contributed by atoms with van der Waals surface area (Å²) >= 11 is 0. The molecule has 0 amide bonds. The van der Waals surface area contributed by atoms with Gasteiger partial charge in [-0.05, 0) is 60.6 Å². The Hall–Kier alpha value is -2.50. The Kier molecular flexibility index (Phi) is 8.97. The monoisotopic (exact) mass is 517 g/mol. The number of aryl methyl sites for hydroxylation is 2. The van der Waals surface area contributed by atoms with Gasteiger partial charge >= 0.3 is 5.97 Å². The quantitative estimate of drug-likeness (QED) is 0.265. The Morgan fingerprint density at radius 3 is 2.78 bits per heavy atom. The summed E-state index contributed by atoms with van der Waals surface area (Å²) in [4.78, 5) is 14.9. The zero-order chi connectivity index (χ0) is 25.5. The molecule has 4 rings (SSSR count). The van der Waals surface area contributed by atoms with Crippen molar-refractivity contribution in [1.29, 1.82) is 0 Å². The molecule has 1 atom stereocenters. The summed E-state index contributed by atoms with van der Waals surface area (Å²) in [5, 5.41) is 10.0. The molecule has 0 radical (unpaired) electrons. The average molecular weight is 518 g/mol. The maximum atomic E-state index is 12.7. The predicted molar refractivity (Wildman–Crippen MR) is 137 cm³/mol. The van der Waals surface area contributed by atoms with Crippen LogP contribution in [0.5, 0.6) is 0 Å². The molecule has 10 heteroatoms. The fraction of sp³-hybridized carbons (Fsp3) is 0.500. The molecule has 1 heterocycles. The fourth-order valence-corrected chi connectivity index (χ4v) is 5.50. The van der Waals surface area contributed by atoms with Crippen LogP contribution in [0.1, 0.15) is 46.0 Å². The van der Waals surface area contributed by atoms with E-state index in [1.807, 2.05) is 24.3 Å². The van der Waals surface area contributed by atoms with Crippen LogP contribution in [0.3, 0.4) is 0 Å². The average Bonchev–Trinajstić information content (AvgIpc) is 3.24. The summed E-state index contributed by atoms with van der Waals surface area (Å²) in [5.41, 5.74) is 6.78. The second-order valence-electron chi connectivity index (χ2n) is 9.22. The van der Waals surface area contributed by atoms with Crippen molar-refractivity contribution in [3.05, 3.63) is 64.7 Å². The molecular formula is C26H35N3O6S. The smallest absolute Gasteiger partial charge is 0.338 e. The van der Waals surface area contributed by atoms with Crippen LogP contribution in [0.2, 0.25) is 0 Å². The lowest BCUT2D eigenvalue weighted by molar-refractivity contribution is 0.0195. The number of anilines is 1. The van der Waals surface area contributed by atoms with Crippen molar-refractivity contribution in [2.24, 2.45) is 0 Å². The van der Waals surface area contributed by atoms with Crippen LogP contribution in [0, 0.1) is 0 Å². The molecule has 0 saturated carbocycles. The van der Waals surface area contributed by atoms with Crippen molar-refractivity contribution >= 4 is 21.7 Å². The highest BCUT2D eigenvalue weighted by atomic mass is 32.2. The first-order chi connectivity index (χ1) is 17.3. The van der Waals surface area contributed by atoms with E-state index in [4.69, 9.17) is 9.47 Å². The number of esters is 1. The van der Waals surface area contributed by atoms with Crippen LogP contribution in [0.15, 0.2) is 42.5 Å². The summed E-state index contributed by atoms with van der Waals surface area (Å²) < 4.78 is 37.0. The van der Waals surface area contributed by atoms with Crippen molar-refractivity contribution in [3.63, 3.8) is 0 Å². The van der Waals surface area contributed by atoms with Crippen LogP contribution in [0.25, 0.3) is 0 Å². The maximum Gasteiger partial charge on any atom is 0.338 e. The van der Waals surface area contributed by atoms with Gasteiger partial charge in [-0.2, -0.15) is 0 Å². The van der Waals surface area contributed by atoms with Gasteiger partial charge in [0, 0.05) is 26.2 Å². The number of carbonyl (C=O) groups excluding carboxylic acids is 1. The molecule has 0 spiro atoms. The number of nitrogens with zero attached hydrogens (tertiary/aromatic N) is 2. The van der Waals surface area contributed by atoms with Crippen LogP contribution < -0.4 is 9.84 Å². The molecule has 2 aromatic rings. The number of aliphatic hydroxyl groups is 1. The zero-order valence-electron chi connectivity index (χ0n) is 20.7. The van der Waals surface area contributed by atoms with Gasteiger partial charge in [0.25, 0.3) is 0 Å². The van der Waals surface area contributed by atoms with E-state index in [1.165, 1.54) is 4.41 Å². The standard InChI is InChI=1S/C26H35N3O6S/c1-36(32,33)29(22-9-10-23-21(19-22)8-11-25(23)30)27-12-4-6-20-5-2-3-7-24(20)26(31)35-18-15-28-13-16-34-17-14-28/h2-3,5,7,9-10,19,25,27,30H,4,6,8,11-18H2,1H3. The maximum absolute atomic E-state index is 12.7. The van der Waals surface area contributed by atoms with E-state index < -0.39 is 16.1 Å². The highest BCUT2D eigenvalue weighted by Gasteiger charge is 2.24. The minimum absolute atomic E-state index is 0.329. The Balaban J connectivity index is 1.31. The molecule has 1 aliphatic carbocycles. The highest BCUT2D eigenvalue weighted by Crippen LogP contribution is 2.33. The fourth-order valence-electron chi connectivity index (χ4n) is 4.67. The summed E-state index contributed by atoms with van der Waals surface area (Å²) in [7, 11) is -3.56. The lowest BCUT2D eigenvalue weighted by Crippen LogP contribution is -2.43. The summed E-state index contributed by atoms with van der Waals surface area (Å²) in [6.07, 6.45) is 3.26.